The van der Waals surface area contributed by atoms with E-state index in [0.29, 0.717) is 8.58 Å². The summed E-state index contributed by atoms with van der Waals surface area (Å²) >= 11 is 0. The Morgan fingerprint density at radius 3 is 2.39 bits per heavy atom. The first-order valence-electron chi connectivity index (χ1n) is 10.5. The Hall–Kier alpha value is -2.48. The zero-order chi connectivity index (χ0) is 22.4. The summed E-state index contributed by atoms with van der Waals surface area (Å²) in [6, 6.07) is 20.9. The van der Waals surface area contributed by atoms with E-state index in [-0.39, 0.29) is 12.2 Å². The maximum atomic E-state index is 6.13. The first kappa shape index (κ1) is 23.2. The van der Waals surface area contributed by atoms with Crippen LogP contribution < -0.4 is 15.3 Å². The third kappa shape index (κ3) is 6.03. The van der Waals surface area contributed by atoms with Crippen molar-refractivity contribution in [2.24, 2.45) is 4.99 Å². The topological polar surface area (TPSA) is 30.8 Å². The van der Waals surface area contributed by atoms with E-state index in [9.17, 15) is 0 Å². The minimum atomic E-state index is -0.0301. The molecule has 1 unspecified atom stereocenters. The van der Waals surface area contributed by atoms with Crippen LogP contribution in [-0.4, -0.2) is 20.1 Å². The number of nitrogens with zero attached hydrogens (tertiary/aromatic N) is 1. The summed E-state index contributed by atoms with van der Waals surface area (Å²) in [4.78, 5) is 4.69. The SMILES string of the molecule is COCOc1c(Pc2c(C)cccc2/C=N/c2ccccc2)cc(C)cc1C(C)(C)C. The lowest BCUT2D eigenvalue weighted by molar-refractivity contribution is 0.0506. The van der Waals surface area contributed by atoms with E-state index in [1.807, 2.05) is 36.5 Å². The third-order valence-corrected chi connectivity index (χ3v) is 6.61. The summed E-state index contributed by atoms with van der Waals surface area (Å²) in [6.45, 7) is 11.2. The molecule has 0 N–H and O–H groups in total. The lowest BCUT2D eigenvalue weighted by Crippen LogP contribution is -2.21. The van der Waals surface area contributed by atoms with Crippen molar-refractivity contribution in [3.05, 3.63) is 82.9 Å². The molecule has 0 saturated heterocycles. The molecule has 3 rings (SSSR count). The van der Waals surface area contributed by atoms with E-state index in [0.717, 1.165) is 17.0 Å². The second-order valence-corrected chi connectivity index (χ2v) is 10.0. The Morgan fingerprint density at radius 1 is 0.968 bits per heavy atom. The monoisotopic (exact) mass is 433 g/mol. The fourth-order valence-corrected chi connectivity index (χ4v) is 4.92. The highest BCUT2D eigenvalue weighted by atomic mass is 31.1. The van der Waals surface area contributed by atoms with Crippen molar-refractivity contribution in [2.45, 2.75) is 40.0 Å². The molecule has 31 heavy (non-hydrogen) atoms. The number of rotatable bonds is 7. The maximum absolute atomic E-state index is 6.13. The molecule has 3 aromatic carbocycles. The molecule has 1 atom stereocenters. The Labute approximate surface area is 188 Å². The second-order valence-electron chi connectivity index (χ2n) is 8.75. The average Bonchev–Trinajstić information content (AvgIpc) is 2.73. The van der Waals surface area contributed by atoms with Gasteiger partial charge in [0.25, 0.3) is 0 Å². The first-order chi connectivity index (χ1) is 14.8. The standard InChI is InChI=1S/C27H32NO2P/c1-19-15-23(27(3,4)5)25(30-18-29-6)24(16-19)31-26-20(2)11-10-12-21(26)17-28-22-13-8-7-9-14-22/h7-17,31H,18H2,1-6H3/b28-17+. The molecule has 0 radical (unpaired) electrons. The van der Waals surface area contributed by atoms with Gasteiger partial charge >= 0.3 is 0 Å². The van der Waals surface area contributed by atoms with Gasteiger partial charge in [-0.15, -0.1) is 0 Å². The number of ether oxygens (including phenoxy) is 2. The van der Waals surface area contributed by atoms with Gasteiger partial charge in [0.2, 0.25) is 0 Å². The number of hydrogen-bond donors (Lipinski definition) is 0. The first-order valence-corrected chi connectivity index (χ1v) is 11.5. The van der Waals surface area contributed by atoms with Gasteiger partial charge in [0.15, 0.2) is 6.79 Å². The van der Waals surface area contributed by atoms with Crippen molar-refractivity contribution in [3.8, 4) is 5.75 Å². The van der Waals surface area contributed by atoms with Gasteiger partial charge in [-0.1, -0.05) is 71.8 Å². The summed E-state index contributed by atoms with van der Waals surface area (Å²) in [5.41, 5.74) is 5.77. The molecule has 0 fully saturated rings. The second kappa shape index (κ2) is 10.2. The van der Waals surface area contributed by atoms with E-state index < -0.39 is 0 Å². The van der Waals surface area contributed by atoms with Gasteiger partial charge in [-0.05, 0) is 53.9 Å². The molecule has 0 aromatic heterocycles. The minimum absolute atomic E-state index is 0.0301. The molecular formula is C27H32NO2P. The number of hydrogen-bond acceptors (Lipinski definition) is 3. The van der Waals surface area contributed by atoms with Crippen LogP contribution in [0.3, 0.4) is 0 Å². The Kier molecular flexibility index (Phi) is 7.64. The van der Waals surface area contributed by atoms with Crippen LogP contribution in [0.25, 0.3) is 0 Å². The molecule has 162 valence electrons. The van der Waals surface area contributed by atoms with Gasteiger partial charge in [0, 0.05) is 29.8 Å². The molecule has 4 heteroatoms. The molecule has 0 bridgehead atoms. The summed E-state index contributed by atoms with van der Waals surface area (Å²) in [5.74, 6) is 0.937. The van der Waals surface area contributed by atoms with Gasteiger partial charge in [-0.25, -0.2) is 0 Å². The largest absolute Gasteiger partial charge is 0.467 e. The van der Waals surface area contributed by atoms with Crippen LogP contribution in [0.4, 0.5) is 5.69 Å². The van der Waals surface area contributed by atoms with Gasteiger partial charge < -0.3 is 9.47 Å². The number of aliphatic imine (C=N–C) groups is 1. The van der Waals surface area contributed by atoms with Gasteiger partial charge in [-0.2, -0.15) is 0 Å². The van der Waals surface area contributed by atoms with E-state index in [1.165, 1.54) is 27.3 Å². The molecule has 0 aliphatic carbocycles. The van der Waals surface area contributed by atoms with Gasteiger partial charge in [0.05, 0.1) is 5.69 Å². The van der Waals surface area contributed by atoms with Crippen LogP contribution in [0.15, 0.2) is 65.7 Å². The van der Waals surface area contributed by atoms with Crippen LogP contribution in [-0.2, 0) is 10.2 Å². The highest BCUT2D eigenvalue weighted by Gasteiger charge is 2.23. The van der Waals surface area contributed by atoms with E-state index in [2.05, 4.69) is 65.0 Å². The quantitative estimate of drug-likeness (QED) is 0.261. The third-order valence-electron chi connectivity index (χ3n) is 5.04. The number of para-hydroxylation sites is 1. The summed E-state index contributed by atoms with van der Waals surface area (Å²) in [5, 5.41) is 2.49. The molecule has 3 aromatic rings. The molecular weight excluding hydrogens is 401 g/mol. The van der Waals surface area contributed by atoms with Crippen LogP contribution in [0.5, 0.6) is 5.75 Å². The van der Waals surface area contributed by atoms with Crippen LogP contribution >= 0.6 is 8.58 Å². The zero-order valence-electron chi connectivity index (χ0n) is 19.3. The fraction of sp³-hybridized carbons (Fsp3) is 0.296. The minimum Gasteiger partial charge on any atom is -0.467 e. The molecule has 0 aliphatic heterocycles. The normalized spacial score (nSPS) is 12.2. The average molecular weight is 434 g/mol. The molecule has 0 heterocycles. The van der Waals surface area contributed by atoms with E-state index >= 15 is 0 Å². The van der Waals surface area contributed by atoms with Crippen LogP contribution in [0.1, 0.15) is 43.0 Å². The van der Waals surface area contributed by atoms with Crippen molar-refractivity contribution < 1.29 is 9.47 Å². The van der Waals surface area contributed by atoms with E-state index in [4.69, 9.17) is 14.5 Å². The highest BCUT2D eigenvalue weighted by Crippen LogP contribution is 2.34. The Morgan fingerprint density at radius 2 is 1.71 bits per heavy atom. The van der Waals surface area contributed by atoms with Crippen molar-refractivity contribution in [2.75, 3.05) is 13.9 Å². The molecule has 3 nitrogen and oxygen atoms in total. The predicted octanol–water partition coefficient (Wildman–Crippen LogP) is 5.96. The van der Waals surface area contributed by atoms with Gasteiger partial charge in [0.1, 0.15) is 5.75 Å². The maximum Gasteiger partial charge on any atom is 0.188 e. The van der Waals surface area contributed by atoms with Crippen molar-refractivity contribution in [1.29, 1.82) is 0 Å². The fourth-order valence-electron chi connectivity index (χ4n) is 3.46. The van der Waals surface area contributed by atoms with Gasteiger partial charge in [-0.3, -0.25) is 4.99 Å². The number of benzene rings is 3. The van der Waals surface area contributed by atoms with Crippen molar-refractivity contribution in [3.63, 3.8) is 0 Å². The lowest BCUT2D eigenvalue weighted by Gasteiger charge is -2.26. The van der Waals surface area contributed by atoms with Crippen LogP contribution in [0, 0.1) is 13.8 Å². The molecule has 0 amide bonds. The molecule has 0 aliphatic rings. The zero-order valence-corrected chi connectivity index (χ0v) is 20.3. The molecule has 0 spiro atoms. The Balaban J connectivity index is 2.06. The smallest absolute Gasteiger partial charge is 0.188 e. The Bertz CT molecular complexity index is 1050. The lowest BCUT2D eigenvalue weighted by atomic mass is 9.85. The predicted molar refractivity (Wildman–Crippen MR) is 135 cm³/mol. The highest BCUT2D eigenvalue weighted by molar-refractivity contribution is 7.56. The number of aryl methyl sites for hydroxylation is 2. The molecule has 0 saturated carbocycles. The summed E-state index contributed by atoms with van der Waals surface area (Å²) in [6.07, 6.45) is 1.97. The summed E-state index contributed by atoms with van der Waals surface area (Å²) in [7, 11) is 2.11. The van der Waals surface area contributed by atoms with E-state index in [1.54, 1.807) is 7.11 Å². The van der Waals surface area contributed by atoms with Crippen molar-refractivity contribution >= 4 is 31.1 Å². The van der Waals surface area contributed by atoms with Crippen molar-refractivity contribution in [1.82, 2.24) is 0 Å². The summed E-state index contributed by atoms with van der Waals surface area (Å²) < 4.78 is 11.4. The van der Waals surface area contributed by atoms with Crippen LogP contribution in [0.2, 0.25) is 0 Å². The number of methoxy groups -OCH3 is 1.